The van der Waals surface area contributed by atoms with Crippen LogP contribution in [0.2, 0.25) is 0 Å². The Labute approximate surface area is 64.0 Å². The number of aromatic nitrogens is 3. The normalized spacial score (nSPS) is 9.64. The van der Waals surface area contributed by atoms with Gasteiger partial charge < -0.3 is 4.74 Å². The van der Waals surface area contributed by atoms with Crippen LogP contribution in [0.4, 0.5) is 0 Å². The van der Waals surface area contributed by atoms with Crippen molar-refractivity contribution in [2.24, 2.45) is 7.05 Å². The van der Waals surface area contributed by atoms with Crippen molar-refractivity contribution in [2.45, 2.75) is 6.42 Å². The zero-order valence-corrected chi connectivity index (χ0v) is 6.44. The van der Waals surface area contributed by atoms with Gasteiger partial charge in [-0.15, -0.1) is 0 Å². The molecule has 0 bridgehead atoms. The molecule has 0 radical (unpaired) electrons. The Balaban J connectivity index is 2.64. The van der Waals surface area contributed by atoms with E-state index in [1.165, 1.54) is 18.1 Å². The van der Waals surface area contributed by atoms with Crippen LogP contribution in [0.25, 0.3) is 0 Å². The van der Waals surface area contributed by atoms with Crippen LogP contribution in [0.1, 0.15) is 5.82 Å². The lowest BCUT2D eigenvalue weighted by Gasteiger charge is -1.97. The fourth-order valence-electron chi connectivity index (χ4n) is 0.681. The molecule has 0 fully saturated rings. The zero-order valence-electron chi connectivity index (χ0n) is 6.44. The van der Waals surface area contributed by atoms with E-state index in [1.807, 2.05) is 0 Å². The Hall–Kier alpha value is -1.39. The monoisotopic (exact) mass is 155 g/mol. The topological polar surface area (TPSA) is 57.0 Å². The molecule has 0 atom stereocenters. The average Bonchev–Trinajstić information content (AvgIpc) is 2.37. The Morgan fingerprint density at radius 3 is 3.00 bits per heavy atom. The van der Waals surface area contributed by atoms with Crippen LogP contribution in [0.5, 0.6) is 0 Å². The predicted octanol–water partition coefficient (Wildman–Crippen LogP) is -0.469. The minimum absolute atomic E-state index is 0.174. The van der Waals surface area contributed by atoms with Gasteiger partial charge in [-0.05, 0) is 0 Å². The highest BCUT2D eigenvalue weighted by Gasteiger charge is 2.06. The Bertz CT molecular complexity index is 256. The van der Waals surface area contributed by atoms with E-state index in [0.717, 1.165) is 0 Å². The first-order valence-electron chi connectivity index (χ1n) is 3.13. The summed E-state index contributed by atoms with van der Waals surface area (Å²) in [5.41, 5.74) is 0. The van der Waals surface area contributed by atoms with Crippen LogP contribution in [-0.4, -0.2) is 27.8 Å². The summed E-state index contributed by atoms with van der Waals surface area (Å²) < 4.78 is 6.00. The van der Waals surface area contributed by atoms with E-state index in [-0.39, 0.29) is 12.4 Å². The third-order valence-corrected chi connectivity index (χ3v) is 1.34. The highest BCUT2D eigenvalue weighted by atomic mass is 16.5. The van der Waals surface area contributed by atoms with Gasteiger partial charge in [0.1, 0.15) is 18.6 Å². The van der Waals surface area contributed by atoms with Crippen molar-refractivity contribution in [2.75, 3.05) is 7.11 Å². The maximum atomic E-state index is 10.7. The van der Waals surface area contributed by atoms with Crippen molar-refractivity contribution in [3.63, 3.8) is 0 Å². The maximum Gasteiger partial charge on any atom is 0.313 e. The number of hydrogen-bond acceptors (Lipinski definition) is 4. The van der Waals surface area contributed by atoms with Crippen molar-refractivity contribution >= 4 is 5.97 Å². The molecule has 0 unspecified atom stereocenters. The molecule has 0 aliphatic rings. The molecule has 0 spiro atoms. The van der Waals surface area contributed by atoms with Crippen LogP contribution in [-0.2, 0) is 23.0 Å². The van der Waals surface area contributed by atoms with Gasteiger partial charge in [0.05, 0.1) is 7.11 Å². The molecular weight excluding hydrogens is 146 g/mol. The summed E-state index contributed by atoms with van der Waals surface area (Å²) in [6.07, 6.45) is 1.57. The Morgan fingerprint density at radius 1 is 1.82 bits per heavy atom. The maximum absolute atomic E-state index is 10.7. The molecule has 5 nitrogen and oxygen atoms in total. The number of methoxy groups -OCH3 is 1. The summed E-state index contributed by atoms with van der Waals surface area (Å²) in [7, 11) is 3.07. The molecule has 11 heavy (non-hydrogen) atoms. The van der Waals surface area contributed by atoms with Crippen LogP contribution >= 0.6 is 0 Å². The number of hydrogen-bond donors (Lipinski definition) is 0. The molecule has 5 heteroatoms. The van der Waals surface area contributed by atoms with Gasteiger partial charge in [-0.1, -0.05) is 0 Å². The smallest absolute Gasteiger partial charge is 0.313 e. The van der Waals surface area contributed by atoms with Crippen molar-refractivity contribution in [3.8, 4) is 0 Å². The number of nitrogens with zero attached hydrogens (tertiary/aromatic N) is 3. The summed E-state index contributed by atoms with van der Waals surface area (Å²) >= 11 is 0. The SMILES string of the molecule is COC(=O)Cc1ncnn1C. The van der Waals surface area contributed by atoms with Crippen LogP contribution in [0, 0.1) is 0 Å². The molecule has 0 aliphatic carbocycles. The van der Waals surface area contributed by atoms with Crippen LogP contribution < -0.4 is 0 Å². The number of aryl methyl sites for hydroxylation is 1. The van der Waals surface area contributed by atoms with E-state index in [2.05, 4.69) is 14.8 Å². The second kappa shape index (κ2) is 3.14. The summed E-state index contributed by atoms with van der Waals surface area (Å²) in [6.45, 7) is 0. The second-order valence-electron chi connectivity index (χ2n) is 2.05. The molecule has 0 aromatic carbocycles. The van der Waals surface area contributed by atoms with Crippen molar-refractivity contribution in [3.05, 3.63) is 12.2 Å². The van der Waals surface area contributed by atoms with Crippen LogP contribution in [0.15, 0.2) is 6.33 Å². The minimum Gasteiger partial charge on any atom is -0.469 e. The van der Waals surface area contributed by atoms with Crippen molar-refractivity contribution < 1.29 is 9.53 Å². The summed E-state index contributed by atoms with van der Waals surface area (Å²) in [5.74, 6) is 0.304. The summed E-state index contributed by atoms with van der Waals surface area (Å²) in [4.78, 5) is 14.6. The highest BCUT2D eigenvalue weighted by Crippen LogP contribution is 1.92. The Kier molecular flexibility index (Phi) is 2.20. The molecule has 0 N–H and O–H groups in total. The lowest BCUT2D eigenvalue weighted by molar-refractivity contribution is -0.139. The molecule has 60 valence electrons. The van der Waals surface area contributed by atoms with E-state index in [1.54, 1.807) is 7.05 Å². The van der Waals surface area contributed by atoms with E-state index in [4.69, 9.17) is 0 Å². The minimum atomic E-state index is -0.305. The third-order valence-electron chi connectivity index (χ3n) is 1.34. The van der Waals surface area contributed by atoms with Gasteiger partial charge in [0.25, 0.3) is 0 Å². The molecule has 0 saturated heterocycles. The van der Waals surface area contributed by atoms with Gasteiger partial charge in [0, 0.05) is 7.05 Å². The number of carbonyl (C=O) groups is 1. The fourth-order valence-corrected chi connectivity index (χ4v) is 0.681. The molecule has 0 saturated carbocycles. The second-order valence-corrected chi connectivity index (χ2v) is 2.05. The first kappa shape index (κ1) is 7.71. The van der Waals surface area contributed by atoms with Crippen molar-refractivity contribution in [1.29, 1.82) is 0 Å². The first-order chi connectivity index (χ1) is 5.24. The lowest BCUT2D eigenvalue weighted by Crippen LogP contribution is -2.09. The van der Waals surface area contributed by atoms with Crippen molar-refractivity contribution in [1.82, 2.24) is 14.8 Å². The van der Waals surface area contributed by atoms with Gasteiger partial charge in [-0.25, -0.2) is 4.98 Å². The molecule has 1 heterocycles. The lowest BCUT2D eigenvalue weighted by atomic mass is 10.4. The van der Waals surface area contributed by atoms with Gasteiger partial charge in [-0.2, -0.15) is 5.10 Å². The predicted molar refractivity (Wildman–Crippen MR) is 36.7 cm³/mol. The average molecular weight is 155 g/mol. The van der Waals surface area contributed by atoms with E-state index in [0.29, 0.717) is 5.82 Å². The Morgan fingerprint density at radius 2 is 2.55 bits per heavy atom. The van der Waals surface area contributed by atoms with Gasteiger partial charge in [-0.3, -0.25) is 9.48 Å². The number of ether oxygens (including phenoxy) is 1. The first-order valence-corrected chi connectivity index (χ1v) is 3.13. The molecule has 0 aliphatic heterocycles. The highest BCUT2D eigenvalue weighted by molar-refractivity contribution is 5.71. The number of rotatable bonds is 2. The standard InChI is InChI=1S/C6H9N3O2/c1-9-5(7-4-8-9)3-6(10)11-2/h4H,3H2,1-2H3. The molecule has 1 aromatic heterocycles. The summed E-state index contributed by atoms with van der Waals surface area (Å²) in [5, 5.41) is 3.80. The number of esters is 1. The van der Waals surface area contributed by atoms with E-state index >= 15 is 0 Å². The van der Waals surface area contributed by atoms with Gasteiger partial charge in [0.15, 0.2) is 0 Å². The summed E-state index contributed by atoms with van der Waals surface area (Å²) in [6, 6.07) is 0. The molecular formula is C6H9N3O2. The fraction of sp³-hybridized carbons (Fsp3) is 0.500. The molecule has 0 amide bonds. The van der Waals surface area contributed by atoms with Crippen LogP contribution in [0.3, 0.4) is 0 Å². The largest absolute Gasteiger partial charge is 0.469 e. The van der Waals surface area contributed by atoms with Gasteiger partial charge >= 0.3 is 5.97 Å². The van der Waals surface area contributed by atoms with E-state index < -0.39 is 0 Å². The molecule has 1 rings (SSSR count). The van der Waals surface area contributed by atoms with E-state index in [9.17, 15) is 4.79 Å². The quantitative estimate of drug-likeness (QED) is 0.542. The third kappa shape index (κ3) is 1.76. The molecule has 1 aromatic rings. The van der Waals surface area contributed by atoms with Gasteiger partial charge in [0.2, 0.25) is 0 Å². The zero-order chi connectivity index (χ0) is 8.27. The number of carbonyl (C=O) groups excluding carboxylic acids is 1.